The average molecular weight is 390 g/mol. The Morgan fingerprint density at radius 3 is 2.50 bits per heavy atom. The molecule has 7 heteroatoms. The number of fused-ring (bicyclic) bond motifs is 1. The summed E-state index contributed by atoms with van der Waals surface area (Å²) in [5.74, 6) is 4.71. The van der Waals surface area contributed by atoms with E-state index >= 15 is 0 Å². The van der Waals surface area contributed by atoms with Crippen LogP contribution in [0.25, 0.3) is 23.1 Å². The van der Waals surface area contributed by atoms with Gasteiger partial charge >= 0.3 is 0 Å². The molecule has 0 aliphatic rings. The van der Waals surface area contributed by atoms with Crippen molar-refractivity contribution in [3.05, 3.63) is 77.0 Å². The van der Waals surface area contributed by atoms with Crippen LogP contribution in [0.4, 0.5) is 0 Å². The number of nitrogens with two attached hydrogens (primary N) is 1. The molecule has 2 aromatic carbocycles. The summed E-state index contributed by atoms with van der Waals surface area (Å²) in [6.07, 6.45) is 3.73. The molecule has 0 unspecified atom stereocenters. The Balaban J connectivity index is 2.10. The van der Waals surface area contributed by atoms with Gasteiger partial charge in [0.2, 0.25) is 0 Å². The number of carbonyl (C=O) groups excluding carboxylic acids is 2. The van der Waals surface area contributed by atoms with Gasteiger partial charge in [-0.05, 0) is 55.0 Å². The number of ketones is 1. The Morgan fingerprint density at radius 2 is 1.82 bits per heavy atom. The highest BCUT2D eigenvalue weighted by Gasteiger charge is 2.15. The van der Waals surface area contributed by atoms with Crippen LogP contribution in [0.15, 0.2) is 54.6 Å². The molecule has 0 bridgehead atoms. The lowest BCUT2D eigenvalue weighted by Crippen LogP contribution is -2.42. The minimum atomic E-state index is -0.439. The second-order valence-corrected chi connectivity index (χ2v) is 6.46. The lowest BCUT2D eigenvalue weighted by atomic mass is 10.0. The van der Waals surface area contributed by atoms with E-state index in [9.17, 15) is 9.59 Å². The number of carbonyl (C=O) groups is 2. The number of hydrazine groups is 1. The maximum atomic E-state index is 12.7. The van der Waals surface area contributed by atoms with Gasteiger partial charge in [-0.25, -0.2) is 10.8 Å². The molecule has 0 spiro atoms. The number of rotatable bonds is 4. The van der Waals surface area contributed by atoms with Crippen molar-refractivity contribution in [2.75, 3.05) is 0 Å². The van der Waals surface area contributed by atoms with Gasteiger partial charge in [-0.1, -0.05) is 36.4 Å². The lowest BCUT2D eigenvalue weighted by Gasteiger charge is -2.10. The lowest BCUT2D eigenvalue weighted by molar-refractivity contribution is 0.0975. The summed E-state index contributed by atoms with van der Waals surface area (Å²) in [5, 5.41) is 3.06. The van der Waals surface area contributed by atoms with Gasteiger partial charge in [0.05, 0.1) is 16.8 Å². The number of nitrogens with zero attached hydrogens (tertiary/aromatic N) is 1. The predicted molar refractivity (Wildman–Crippen MR) is 115 cm³/mol. The normalized spacial score (nSPS) is 10.8. The molecular weight excluding hydrogens is 372 g/mol. The molecule has 1 heterocycles. The summed E-state index contributed by atoms with van der Waals surface area (Å²) in [6.45, 7) is 1.47. The van der Waals surface area contributed by atoms with E-state index in [4.69, 9.17) is 18.1 Å². The fourth-order valence-electron chi connectivity index (χ4n) is 2.69. The molecule has 0 saturated heterocycles. The fraction of sp³-hybridized carbons (Fsp3) is 0.0476. The topological polar surface area (TPSA) is 97.1 Å². The van der Waals surface area contributed by atoms with E-state index in [-0.39, 0.29) is 10.9 Å². The zero-order valence-electron chi connectivity index (χ0n) is 15.1. The Hall–Kier alpha value is -3.42. The Kier molecular flexibility index (Phi) is 5.88. The molecule has 0 fully saturated rings. The number of hydrogen-bond donors (Lipinski definition) is 3. The third kappa shape index (κ3) is 4.46. The first-order valence-corrected chi connectivity index (χ1v) is 8.89. The van der Waals surface area contributed by atoms with E-state index in [0.717, 1.165) is 5.56 Å². The van der Waals surface area contributed by atoms with E-state index < -0.39 is 5.91 Å². The van der Waals surface area contributed by atoms with Crippen LogP contribution in [0.1, 0.15) is 38.9 Å². The van der Waals surface area contributed by atoms with E-state index in [1.54, 1.807) is 24.3 Å². The summed E-state index contributed by atoms with van der Waals surface area (Å²) < 4.78 is 0. The number of Topliss-reactive ketones (excluding diaryl/α,β-unsaturated/α-hetero) is 1. The zero-order chi connectivity index (χ0) is 20.1. The van der Waals surface area contributed by atoms with Gasteiger partial charge in [0, 0.05) is 10.9 Å². The average Bonchev–Trinajstić information content (AvgIpc) is 2.71. The molecule has 1 amide bonds. The van der Waals surface area contributed by atoms with E-state index in [1.807, 2.05) is 42.5 Å². The van der Waals surface area contributed by atoms with Crippen molar-refractivity contribution in [1.29, 1.82) is 0 Å². The van der Waals surface area contributed by atoms with Crippen LogP contribution in [0.3, 0.4) is 0 Å². The molecular formula is C21H18N4O2S. The minimum absolute atomic E-state index is 0.000868. The summed E-state index contributed by atoms with van der Waals surface area (Å²) in [4.78, 5) is 29.0. The summed E-state index contributed by atoms with van der Waals surface area (Å²) >= 11 is 4.92. The van der Waals surface area contributed by atoms with Crippen molar-refractivity contribution in [1.82, 2.24) is 15.7 Å². The first kappa shape index (κ1) is 19.3. The van der Waals surface area contributed by atoms with Crippen molar-refractivity contribution in [2.24, 2.45) is 5.84 Å². The van der Waals surface area contributed by atoms with Crippen molar-refractivity contribution in [2.45, 2.75) is 6.92 Å². The highest BCUT2D eigenvalue weighted by atomic mass is 32.1. The number of aromatic nitrogens is 1. The van der Waals surface area contributed by atoms with Gasteiger partial charge in [0.15, 0.2) is 10.9 Å². The standard InChI is InChI=1S/C21H18N4O2S/c1-13(26)15-8-10-19-17(11-15)18(20(27)24-21(28)25-22)12-16(23-19)9-7-14-5-3-2-4-6-14/h2-12H,22H2,1H3,(H2,24,25,27,28)/b9-7+. The number of amides is 1. The van der Waals surface area contributed by atoms with Gasteiger partial charge in [-0.2, -0.15) is 0 Å². The molecule has 4 N–H and O–H groups in total. The first-order chi connectivity index (χ1) is 13.5. The van der Waals surface area contributed by atoms with Gasteiger partial charge in [-0.15, -0.1) is 0 Å². The second-order valence-electron chi connectivity index (χ2n) is 6.05. The van der Waals surface area contributed by atoms with E-state index in [0.29, 0.717) is 27.7 Å². The number of benzene rings is 2. The molecule has 28 heavy (non-hydrogen) atoms. The van der Waals surface area contributed by atoms with E-state index in [1.165, 1.54) is 6.92 Å². The molecule has 0 aliphatic carbocycles. The monoisotopic (exact) mass is 390 g/mol. The fourth-order valence-corrected chi connectivity index (χ4v) is 2.78. The highest BCUT2D eigenvalue weighted by Crippen LogP contribution is 2.22. The smallest absolute Gasteiger partial charge is 0.258 e. The third-order valence-corrected chi connectivity index (χ3v) is 4.30. The van der Waals surface area contributed by atoms with Crippen LogP contribution in [-0.2, 0) is 0 Å². The van der Waals surface area contributed by atoms with Crippen molar-refractivity contribution in [3.8, 4) is 0 Å². The van der Waals surface area contributed by atoms with Crippen LogP contribution >= 0.6 is 12.2 Å². The predicted octanol–water partition coefficient (Wildman–Crippen LogP) is 3.09. The Bertz CT molecular complexity index is 1090. The summed E-state index contributed by atoms with van der Waals surface area (Å²) in [6, 6.07) is 16.5. The maximum Gasteiger partial charge on any atom is 0.258 e. The molecule has 1 aromatic heterocycles. The Morgan fingerprint density at radius 1 is 1.07 bits per heavy atom. The van der Waals surface area contributed by atoms with Gasteiger partial charge in [-0.3, -0.25) is 14.9 Å². The van der Waals surface area contributed by atoms with Gasteiger partial charge in [0.25, 0.3) is 5.91 Å². The van der Waals surface area contributed by atoms with Gasteiger partial charge in [0.1, 0.15) is 0 Å². The number of hydrogen-bond acceptors (Lipinski definition) is 5. The molecule has 3 aromatic rings. The molecule has 6 nitrogen and oxygen atoms in total. The van der Waals surface area contributed by atoms with Crippen LogP contribution < -0.4 is 16.6 Å². The summed E-state index contributed by atoms with van der Waals surface area (Å²) in [5.41, 5.74) is 5.27. The summed E-state index contributed by atoms with van der Waals surface area (Å²) in [7, 11) is 0. The number of thiocarbonyl (C=S) groups is 1. The van der Waals surface area contributed by atoms with Crippen LogP contribution in [0.5, 0.6) is 0 Å². The minimum Gasteiger partial charge on any atom is -0.301 e. The quantitative estimate of drug-likeness (QED) is 0.274. The molecule has 0 aliphatic heterocycles. The number of pyridine rings is 1. The van der Waals surface area contributed by atoms with Crippen molar-refractivity contribution >= 4 is 52.1 Å². The van der Waals surface area contributed by atoms with Crippen LogP contribution in [-0.4, -0.2) is 21.8 Å². The van der Waals surface area contributed by atoms with Crippen LogP contribution in [0, 0.1) is 0 Å². The van der Waals surface area contributed by atoms with Crippen molar-refractivity contribution < 1.29 is 9.59 Å². The number of nitrogens with one attached hydrogen (secondary N) is 2. The molecule has 0 atom stereocenters. The maximum absolute atomic E-state index is 12.7. The van der Waals surface area contributed by atoms with Crippen LogP contribution in [0.2, 0.25) is 0 Å². The van der Waals surface area contributed by atoms with Gasteiger partial charge < -0.3 is 5.43 Å². The molecule has 3 rings (SSSR count). The van der Waals surface area contributed by atoms with Crippen molar-refractivity contribution in [3.63, 3.8) is 0 Å². The Labute approximate surface area is 167 Å². The third-order valence-electron chi connectivity index (χ3n) is 4.08. The second kappa shape index (κ2) is 8.51. The molecule has 140 valence electrons. The highest BCUT2D eigenvalue weighted by molar-refractivity contribution is 7.80. The molecule has 0 radical (unpaired) electrons. The zero-order valence-corrected chi connectivity index (χ0v) is 15.9. The first-order valence-electron chi connectivity index (χ1n) is 8.49. The van der Waals surface area contributed by atoms with E-state index in [2.05, 4.69) is 15.7 Å². The molecule has 0 saturated carbocycles. The SMILES string of the molecule is CC(=O)c1ccc2nc(/C=C/c3ccccc3)cc(C(=O)NC(=S)NN)c2c1. The largest absolute Gasteiger partial charge is 0.301 e.